The molecule has 0 fully saturated rings. The summed E-state index contributed by atoms with van der Waals surface area (Å²) in [6.07, 6.45) is 0.319. The second-order valence-corrected chi connectivity index (χ2v) is 2.85. The average Bonchev–Trinajstić information content (AvgIpc) is 2.15. The summed E-state index contributed by atoms with van der Waals surface area (Å²) in [6, 6.07) is 3.89. The molecule has 0 aromatic heterocycles. The predicted molar refractivity (Wildman–Crippen MR) is 50.7 cm³/mol. The highest BCUT2D eigenvalue weighted by Gasteiger charge is 2.16. The summed E-state index contributed by atoms with van der Waals surface area (Å²) in [7, 11) is 1.71. The van der Waals surface area contributed by atoms with E-state index < -0.39 is 10.7 Å². The van der Waals surface area contributed by atoms with E-state index in [1.807, 2.05) is 0 Å². The highest BCUT2D eigenvalue weighted by atomic mass is 19.1. The first-order valence-electron chi connectivity index (χ1n) is 4.23. The van der Waals surface area contributed by atoms with E-state index in [0.717, 1.165) is 0 Å². The van der Waals surface area contributed by atoms with E-state index in [9.17, 15) is 14.5 Å². The Kier molecular flexibility index (Phi) is 3.53. The lowest BCUT2D eigenvalue weighted by Gasteiger charge is -2.03. The van der Waals surface area contributed by atoms with Crippen LogP contribution in [0.4, 0.5) is 10.1 Å². The van der Waals surface area contributed by atoms with E-state index in [4.69, 9.17) is 0 Å². The van der Waals surface area contributed by atoms with Crippen LogP contribution in [0.2, 0.25) is 0 Å². The maximum Gasteiger partial charge on any atom is 0.275 e. The lowest BCUT2D eigenvalue weighted by atomic mass is 10.1. The zero-order chi connectivity index (χ0) is 10.6. The first-order chi connectivity index (χ1) is 6.66. The number of benzene rings is 1. The van der Waals surface area contributed by atoms with Crippen LogP contribution in [0, 0.1) is 15.9 Å². The SMILES string of the molecule is CNCCc1c(F)cccc1[N+](=O)[O-]. The molecule has 0 atom stereocenters. The topological polar surface area (TPSA) is 55.2 Å². The lowest BCUT2D eigenvalue weighted by Crippen LogP contribution is -2.12. The van der Waals surface area contributed by atoms with Gasteiger partial charge in [-0.1, -0.05) is 6.07 Å². The number of hydrogen-bond acceptors (Lipinski definition) is 3. The van der Waals surface area contributed by atoms with Crippen molar-refractivity contribution in [2.24, 2.45) is 0 Å². The Bertz CT molecular complexity index is 342. The molecule has 4 nitrogen and oxygen atoms in total. The van der Waals surface area contributed by atoms with Gasteiger partial charge in [0.25, 0.3) is 5.69 Å². The molecule has 1 aromatic carbocycles. The van der Waals surface area contributed by atoms with Crippen LogP contribution in [0.15, 0.2) is 18.2 Å². The maximum absolute atomic E-state index is 13.2. The summed E-state index contributed by atoms with van der Waals surface area (Å²) in [5.74, 6) is -0.519. The van der Waals surface area contributed by atoms with E-state index in [0.29, 0.717) is 13.0 Å². The number of hydrogen-bond donors (Lipinski definition) is 1. The molecule has 0 spiro atoms. The molecule has 0 radical (unpaired) electrons. The van der Waals surface area contributed by atoms with E-state index in [1.54, 1.807) is 7.05 Å². The second-order valence-electron chi connectivity index (χ2n) is 2.85. The Morgan fingerprint density at radius 2 is 2.29 bits per heavy atom. The quantitative estimate of drug-likeness (QED) is 0.589. The molecule has 5 heteroatoms. The third kappa shape index (κ3) is 2.26. The Morgan fingerprint density at radius 3 is 2.86 bits per heavy atom. The Labute approximate surface area is 80.9 Å². The maximum atomic E-state index is 13.2. The van der Waals surface area contributed by atoms with Crippen LogP contribution in [0.25, 0.3) is 0 Å². The Hall–Kier alpha value is -1.49. The number of nitrogens with one attached hydrogen (secondary N) is 1. The summed E-state index contributed by atoms with van der Waals surface area (Å²) in [5, 5.41) is 13.4. The van der Waals surface area contributed by atoms with Crippen LogP contribution in [0.1, 0.15) is 5.56 Å². The monoisotopic (exact) mass is 198 g/mol. The van der Waals surface area contributed by atoms with Gasteiger partial charge < -0.3 is 5.32 Å². The van der Waals surface area contributed by atoms with Crippen LogP contribution in [0.5, 0.6) is 0 Å². The predicted octanol–water partition coefficient (Wildman–Crippen LogP) is 1.50. The summed E-state index contributed by atoms with van der Waals surface area (Å²) in [4.78, 5) is 9.99. The zero-order valence-electron chi connectivity index (χ0n) is 7.79. The molecule has 0 aliphatic rings. The van der Waals surface area contributed by atoms with Gasteiger partial charge in [0.1, 0.15) is 5.82 Å². The smallest absolute Gasteiger partial charge is 0.275 e. The van der Waals surface area contributed by atoms with Crippen LogP contribution in [0.3, 0.4) is 0 Å². The fourth-order valence-electron chi connectivity index (χ4n) is 1.22. The normalized spacial score (nSPS) is 10.1. The van der Waals surface area contributed by atoms with Gasteiger partial charge in [-0.25, -0.2) is 4.39 Å². The highest BCUT2D eigenvalue weighted by Crippen LogP contribution is 2.21. The van der Waals surface area contributed by atoms with Gasteiger partial charge in [0, 0.05) is 6.07 Å². The highest BCUT2D eigenvalue weighted by molar-refractivity contribution is 5.41. The van der Waals surface area contributed by atoms with Crippen molar-refractivity contribution >= 4 is 5.69 Å². The summed E-state index contributed by atoms with van der Waals surface area (Å²) >= 11 is 0. The van der Waals surface area contributed by atoms with Gasteiger partial charge >= 0.3 is 0 Å². The van der Waals surface area contributed by atoms with Crippen LogP contribution in [-0.2, 0) is 6.42 Å². The molecule has 14 heavy (non-hydrogen) atoms. The molecule has 1 aromatic rings. The zero-order valence-corrected chi connectivity index (χ0v) is 7.79. The number of halogens is 1. The molecule has 0 heterocycles. The third-order valence-electron chi connectivity index (χ3n) is 1.92. The summed E-state index contributed by atoms with van der Waals surface area (Å²) in [6.45, 7) is 0.516. The Morgan fingerprint density at radius 1 is 1.57 bits per heavy atom. The van der Waals surface area contributed by atoms with Crippen molar-refractivity contribution in [3.8, 4) is 0 Å². The van der Waals surface area contributed by atoms with Gasteiger partial charge in [0.05, 0.1) is 10.5 Å². The fraction of sp³-hybridized carbons (Fsp3) is 0.333. The molecule has 1 N–H and O–H groups in total. The summed E-state index contributed by atoms with van der Waals surface area (Å²) in [5.41, 5.74) is 0.00657. The van der Waals surface area contributed by atoms with Crippen molar-refractivity contribution in [1.82, 2.24) is 5.32 Å². The number of nitrogens with zero attached hydrogens (tertiary/aromatic N) is 1. The standard InChI is InChI=1S/C9H11FN2O2/c1-11-6-5-7-8(10)3-2-4-9(7)12(13)14/h2-4,11H,5-6H2,1H3. The minimum absolute atomic E-state index is 0.153. The molecule has 0 aliphatic heterocycles. The van der Waals surface area contributed by atoms with Crippen molar-refractivity contribution in [2.45, 2.75) is 6.42 Å². The molecule has 0 amide bonds. The molecule has 0 bridgehead atoms. The molecular weight excluding hydrogens is 187 g/mol. The van der Waals surface area contributed by atoms with Crippen molar-refractivity contribution < 1.29 is 9.31 Å². The molecule has 76 valence electrons. The first kappa shape index (κ1) is 10.6. The van der Waals surface area contributed by atoms with E-state index >= 15 is 0 Å². The number of nitro groups is 1. The third-order valence-corrected chi connectivity index (χ3v) is 1.92. The second kappa shape index (κ2) is 4.66. The van der Waals surface area contributed by atoms with Crippen molar-refractivity contribution in [2.75, 3.05) is 13.6 Å². The van der Waals surface area contributed by atoms with Crippen LogP contribution < -0.4 is 5.32 Å². The van der Waals surface area contributed by atoms with E-state index in [-0.39, 0.29) is 11.3 Å². The molecule has 0 unspecified atom stereocenters. The van der Waals surface area contributed by atoms with Gasteiger partial charge in [-0.05, 0) is 26.1 Å². The average molecular weight is 198 g/mol. The van der Waals surface area contributed by atoms with Gasteiger partial charge in [-0.3, -0.25) is 10.1 Å². The minimum Gasteiger partial charge on any atom is -0.319 e. The van der Waals surface area contributed by atoms with Crippen LogP contribution in [-0.4, -0.2) is 18.5 Å². The van der Waals surface area contributed by atoms with Crippen molar-refractivity contribution in [3.05, 3.63) is 39.7 Å². The number of likely N-dealkylation sites (N-methyl/N-ethyl adjacent to an activating group) is 1. The number of rotatable bonds is 4. The van der Waals surface area contributed by atoms with Gasteiger partial charge in [-0.2, -0.15) is 0 Å². The van der Waals surface area contributed by atoms with Gasteiger partial charge in [0.2, 0.25) is 0 Å². The van der Waals surface area contributed by atoms with E-state index in [2.05, 4.69) is 5.32 Å². The van der Waals surface area contributed by atoms with Gasteiger partial charge in [-0.15, -0.1) is 0 Å². The number of nitro benzene ring substituents is 1. The molecule has 0 saturated carbocycles. The summed E-state index contributed by atoms with van der Waals surface area (Å²) < 4.78 is 13.2. The Balaban J connectivity index is 3.02. The molecule has 0 saturated heterocycles. The van der Waals surface area contributed by atoms with Crippen molar-refractivity contribution in [3.63, 3.8) is 0 Å². The lowest BCUT2D eigenvalue weighted by molar-refractivity contribution is -0.385. The van der Waals surface area contributed by atoms with Crippen molar-refractivity contribution in [1.29, 1.82) is 0 Å². The fourth-order valence-corrected chi connectivity index (χ4v) is 1.22. The molecule has 0 aliphatic carbocycles. The largest absolute Gasteiger partial charge is 0.319 e. The van der Waals surface area contributed by atoms with Gasteiger partial charge in [0.15, 0.2) is 0 Å². The molecule has 1 rings (SSSR count). The molecular formula is C9H11FN2O2. The van der Waals surface area contributed by atoms with Crippen LogP contribution >= 0.6 is 0 Å². The minimum atomic E-state index is -0.561. The first-order valence-corrected chi connectivity index (χ1v) is 4.23. The van der Waals surface area contributed by atoms with E-state index in [1.165, 1.54) is 18.2 Å².